The monoisotopic (exact) mass is 429 g/mol. The van der Waals surface area contributed by atoms with Gasteiger partial charge in [0, 0.05) is 18.2 Å². The maximum Gasteiger partial charge on any atom is 0.251 e. The van der Waals surface area contributed by atoms with Gasteiger partial charge in [0.2, 0.25) is 5.91 Å². The zero-order chi connectivity index (χ0) is 21.5. The minimum absolute atomic E-state index is 0.0415. The summed E-state index contributed by atoms with van der Waals surface area (Å²) in [7, 11) is 0. The van der Waals surface area contributed by atoms with Crippen LogP contribution in [-0.2, 0) is 11.3 Å². The van der Waals surface area contributed by atoms with Crippen molar-refractivity contribution in [3.05, 3.63) is 41.2 Å². The number of hydrogen-bond acceptors (Lipinski definition) is 5. The lowest BCUT2D eigenvalue weighted by Gasteiger charge is -2.22. The number of rotatable bonds is 8. The number of amides is 2. The number of hydrogen-bond donors (Lipinski definition) is 2. The van der Waals surface area contributed by atoms with E-state index in [-0.39, 0.29) is 17.9 Å². The molecule has 0 spiro atoms. The SMILES string of the molecule is CCn1c(SCC(=O)NC2CCCCC2)nnc1C(C)NC(=O)c1ccc(C)cc1. The predicted octanol–water partition coefficient (Wildman–Crippen LogP) is 3.64. The molecule has 162 valence electrons. The number of carbonyl (C=O) groups excluding carboxylic acids is 2. The highest BCUT2D eigenvalue weighted by molar-refractivity contribution is 7.99. The van der Waals surface area contributed by atoms with Gasteiger partial charge in [-0.05, 0) is 45.7 Å². The maximum absolute atomic E-state index is 12.5. The Morgan fingerprint density at radius 2 is 1.87 bits per heavy atom. The van der Waals surface area contributed by atoms with Crippen molar-refractivity contribution in [3.8, 4) is 0 Å². The Balaban J connectivity index is 1.57. The molecular formula is C22H31N5O2S. The molecular weight excluding hydrogens is 398 g/mol. The van der Waals surface area contributed by atoms with Gasteiger partial charge in [-0.25, -0.2) is 0 Å². The topological polar surface area (TPSA) is 88.9 Å². The molecule has 0 bridgehead atoms. The van der Waals surface area contributed by atoms with Crippen LogP contribution in [0.1, 0.15) is 73.7 Å². The molecule has 1 aliphatic rings. The Morgan fingerprint density at radius 1 is 1.17 bits per heavy atom. The van der Waals surface area contributed by atoms with Crippen LogP contribution in [0.5, 0.6) is 0 Å². The van der Waals surface area contributed by atoms with Crippen LogP contribution in [0.2, 0.25) is 0 Å². The van der Waals surface area contributed by atoms with E-state index in [0.717, 1.165) is 18.4 Å². The zero-order valence-corrected chi connectivity index (χ0v) is 18.8. The number of carbonyl (C=O) groups is 2. The highest BCUT2D eigenvalue weighted by Crippen LogP contribution is 2.22. The highest BCUT2D eigenvalue weighted by atomic mass is 32.2. The standard InChI is InChI=1S/C22H31N5O2S/c1-4-27-20(16(3)23-21(29)17-12-10-15(2)11-13-17)25-26-22(27)30-14-19(28)24-18-8-6-5-7-9-18/h10-13,16,18H,4-9,14H2,1-3H3,(H,23,29)(H,24,28). The van der Waals surface area contributed by atoms with E-state index in [0.29, 0.717) is 34.9 Å². The number of thioether (sulfide) groups is 1. The average Bonchev–Trinajstić information content (AvgIpc) is 3.16. The molecule has 30 heavy (non-hydrogen) atoms. The van der Waals surface area contributed by atoms with E-state index >= 15 is 0 Å². The van der Waals surface area contributed by atoms with Crippen LogP contribution in [0, 0.1) is 6.92 Å². The molecule has 7 nitrogen and oxygen atoms in total. The number of nitrogens with one attached hydrogen (secondary N) is 2. The van der Waals surface area contributed by atoms with Gasteiger partial charge in [-0.15, -0.1) is 10.2 Å². The highest BCUT2D eigenvalue weighted by Gasteiger charge is 2.21. The van der Waals surface area contributed by atoms with Gasteiger partial charge in [-0.1, -0.05) is 48.7 Å². The van der Waals surface area contributed by atoms with Crippen LogP contribution in [-0.4, -0.2) is 38.4 Å². The molecule has 1 fully saturated rings. The van der Waals surface area contributed by atoms with Gasteiger partial charge in [-0.2, -0.15) is 0 Å². The maximum atomic E-state index is 12.5. The second-order valence-electron chi connectivity index (χ2n) is 7.84. The first kappa shape index (κ1) is 22.3. The van der Waals surface area contributed by atoms with Gasteiger partial charge in [-0.3, -0.25) is 9.59 Å². The van der Waals surface area contributed by atoms with E-state index in [1.54, 1.807) is 0 Å². The second-order valence-corrected chi connectivity index (χ2v) is 8.78. The Bertz CT molecular complexity index is 859. The van der Waals surface area contributed by atoms with Crippen molar-refractivity contribution in [2.24, 2.45) is 0 Å². The zero-order valence-electron chi connectivity index (χ0n) is 18.0. The lowest BCUT2D eigenvalue weighted by atomic mass is 9.95. The van der Waals surface area contributed by atoms with E-state index in [2.05, 4.69) is 20.8 Å². The van der Waals surface area contributed by atoms with Crippen molar-refractivity contribution in [2.45, 2.75) is 76.7 Å². The summed E-state index contributed by atoms with van der Waals surface area (Å²) in [6.07, 6.45) is 5.80. The molecule has 2 aromatic rings. The Morgan fingerprint density at radius 3 is 2.53 bits per heavy atom. The molecule has 8 heteroatoms. The molecule has 2 N–H and O–H groups in total. The molecule has 1 aliphatic carbocycles. The fraction of sp³-hybridized carbons (Fsp3) is 0.545. The van der Waals surface area contributed by atoms with E-state index in [4.69, 9.17) is 0 Å². The molecule has 0 aliphatic heterocycles. The summed E-state index contributed by atoms with van der Waals surface area (Å²) in [4.78, 5) is 24.8. The van der Waals surface area contributed by atoms with Gasteiger partial charge < -0.3 is 15.2 Å². The fourth-order valence-electron chi connectivity index (χ4n) is 3.72. The first-order valence-electron chi connectivity index (χ1n) is 10.7. The van der Waals surface area contributed by atoms with Crippen molar-refractivity contribution in [2.75, 3.05) is 5.75 Å². The lowest BCUT2D eigenvalue weighted by Crippen LogP contribution is -2.37. The van der Waals surface area contributed by atoms with Crippen molar-refractivity contribution in [3.63, 3.8) is 0 Å². The van der Waals surface area contributed by atoms with Gasteiger partial charge in [0.15, 0.2) is 11.0 Å². The molecule has 1 unspecified atom stereocenters. The third-order valence-electron chi connectivity index (χ3n) is 5.41. The molecule has 1 heterocycles. The van der Waals surface area contributed by atoms with Crippen LogP contribution < -0.4 is 10.6 Å². The van der Waals surface area contributed by atoms with Gasteiger partial charge in [0.05, 0.1) is 11.8 Å². The van der Waals surface area contributed by atoms with E-state index < -0.39 is 0 Å². The second kappa shape index (κ2) is 10.6. The van der Waals surface area contributed by atoms with Crippen molar-refractivity contribution in [1.82, 2.24) is 25.4 Å². The number of aromatic nitrogens is 3. The summed E-state index contributed by atoms with van der Waals surface area (Å²) in [5.41, 5.74) is 1.73. The lowest BCUT2D eigenvalue weighted by molar-refractivity contribution is -0.119. The molecule has 0 radical (unpaired) electrons. The van der Waals surface area contributed by atoms with E-state index in [1.807, 2.05) is 49.6 Å². The Kier molecular flexibility index (Phi) is 7.90. The number of aryl methyl sites for hydroxylation is 1. The number of benzene rings is 1. The van der Waals surface area contributed by atoms with Crippen LogP contribution in [0.4, 0.5) is 0 Å². The van der Waals surface area contributed by atoms with Crippen LogP contribution >= 0.6 is 11.8 Å². The minimum atomic E-state index is -0.295. The fourth-order valence-corrected chi connectivity index (χ4v) is 4.54. The Labute approximate surface area is 182 Å². The first-order valence-corrected chi connectivity index (χ1v) is 11.7. The summed E-state index contributed by atoms with van der Waals surface area (Å²) >= 11 is 1.39. The summed E-state index contributed by atoms with van der Waals surface area (Å²) in [5.74, 6) is 0.904. The first-order chi connectivity index (χ1) is 14.5. The quantitative estimate of drug-likeness (QED) is 0.626. The summed E-state index contributed by atoms with van der Waals surface area (Å²) in [5, 5.41) is 15.4. The molecule has 1 saturated carbocycles. The third kappa shape index (κ3) is 5.84. The minimum Gasteiger partial charge on any atom is -0.353 e. The largest absolute Gasteiger partial charge is 0.353 e. The molecule has 3 rings (SSSR count). The summed E-state index contributed by atoms with van der Waals surface area (Å²) < 4.78 is 1.96. The molecule has 0 saturated heterocycles. The average molecular weight is 430 g/mol. The normalized spacial score (nSPS) is 15.6. The Hall–Kier alpha value is -2.35. The van der Waals surface area contributed by atoms with Crippen LogP contribution in [0.15, 0.2) is 29.4 Å². The van der Waals surface area contributed by atoms with Crippen LogP contribution in [0.3, 0.4) is 0 Å². The third-order valence-corrected chi connectivity index (χ3v) is 6.38. The van der Waals surface area contributed by atoms with Crippen LogP contribution in [0.25, 0.3) is 0 Å². The number of nitrogens with zero attached hydrogens (tertiary/aromatic N) is 3. The molecule has 1 aromatic heterocycles. The van der Waals surface area contributed by atoms with E-state index in [9.17, 15) is 9.59 Å². The summed E-state index contributed by atoms with van der Waals surface area (Å²) in [6.45, 7) is 6.56. The molecule has 1 atom stereocenters. The van der Waals surface area contributed by atoms with E-state index in [1.165, 1.54) is 31.0 Å². The van der Waals surface area contributed by atoms with Gasteiger partial charge in [0.1, 0.15) is 0 Å². The van der Waals surface area contributed by atoms with Crippen molar-refractivity contribution in [1.29, 1.82) is 0 Å². The summed E-state index contributed by atoms with van der Waals surface area (Å²) in [6, 6.07) is 7.48. The predicted molar refractivity (Wildman–Crippen MR) is 118 cm³/mol. The molecule has 1 aromatic carbocycles. The van der Waals surface area contributed by atoms with Crippen molar-refractivity contribution >= 4 is 23.6 Å². The van der Waals surface area contributed by atoms with Gasteiger partial charge >= 0.3 is 0 Å². The van der Waals surface area contributed by atoms with Gasteiger partial charge in [0.25, 0.3) is 5.91 Å². The van der Waals surface area contributed by atoms with Crippen molar-refractivity contribution < 1.29 is 9.59 Å². The molecule has 2 amide bonds. The smallest absolute Gasteiger partial charge is 0.251 e.